The van der Waals surface area contributed by atoms with E-state index >= 15 is 0 Å². The lowest BCUT2D eigenvalue weighted by Gasteiger charge is -2.42. The highest BCUT2D eigenvalue weighted by Gasteiger charge is 2.49. The summed E-state index contributed by atoms with van der Waals surface area (Å²) in [7, 11) is 0. The van der Waals surface area contributed by atoms with Crippen LogP contribution in [-0.4, -0.2) is 119 Å². The van der Waals surface area contributed by atoms with Crippen LogP contribution in [0.15, 0.2) is 95.2 Å². The first kappa shape index (κ1) is 39.8. The summed E-state index contributed by atoms with van der Waals surface area (Å²) in [6.07, 6.45) is -2.00. The van der Waals surface area contributed by atoms with Gasteiger partial charge in [-0.15, -0.1) is 0 Å². The molecule has 2 bridgehead atoms. The van der Waals surface area contributed by atoms with E-state index in [4.69, 9.17) is 34.8 Å². The number of ether oxygens (including phenoxy) is 5. The number of fused-ring (bicyclic) bond motifs is 6. The van der Waals surface area contributed by atoms with Crippen molar-refractivity contribution in [2.24, 2.45) is 9.98 Å². The van der Waals surface area contributed by atoms with E-state index in [1.165, 1.54) is 6.26 Å². The third-order valence-corrected chi connectivity index (χ3v) is 11.1. The number of nitrogens with one attached hydrogen (secondary N) is 3. The molecule has 18 heteroatoms. The van der Waals surface area contributed by atoms with Crippen molar-refractivity contribution in [2.45, 2.75) is 43.0 Å². The van der Waals surface area contributed by atoms with Gasteiger partial charge in [0, 0.05) is 39.9 Å². The number of amidine groups is 1. The molecule has 4 aromatic rings. The van der Waals surface area contributed by atoms with Crippen LogP contribution in [-0.2, 0) is 25.4 Å². The van der Waals surface area contributed by atoms with Gasteiger partial charge in [-0.2, -0.15) is 4.99 Å². The Morgan fingerprint density at radius 2 is 1.74 bits per heavy atom. The maximum atomic E-state index is 14.5. The van der Waals surface area contributed by atoms with Gasteiger partial charge in [-0.3, -0.25) is 25.1 Å². The molecule has 1 amide bonds. The number of aliphatic hydroxyl groups is 3. The summed E-state index contributed by atoms with van der Waals surface area (Å²) in [4.78, 5) is 55.1. The number of nitrogens with two attached hydrogens (primary N) is 1. The van der Waals surface area contributed by atoms with Crippen LogP contribution in [0, 0.1) is 5.41 Å². The van der Waals surface area contributed by atoms with E-state index in [9.17, 15) is 29.7 Å². The van der Waals surface area contributed by atoms with Crippen molar-refractivity contribution < 1.29 is 58.3 Å². The molecular weight excluding hydrogens is 791 g/mol. The smallest absolute Gasteiger partial charge is 0.284 e. The van der Waals surface area contributed by atoms with Gasteiger partial charge in [0.15, 0.2) is 29.7 Å². The fraction of sp³-hybridized carbons (Fsp3) is 0.279. The number of guanidine groups is 1. The molecule has 7 atom stereocenters. The maximum Gasteiger partial charge on any atom is 0.284 e. The van der Waals surface area contributed by atoms with E-state index in [0.29, 0.717) is 28.4 Å². The van der Waals surface area contributed by atoms with Crippen LogP contribution >= 0.6 is 0 Å². The number of pyridine rings is 1. The number of para-hydroxylation sites is 1. The second kappa shape index (κ2) is 16.4. The molecule has 0 saturated carbocycles. The number of aliphatic imine (C=N–C) groups is 2. The van der Waals surface area contributed by atoms with Crippen molar-refractivity contribution in [3.8, 4) is 11.5 Å². The van der Waals surface area contributed by atoms with E-state index in [2.05, 4.69) is 20.3 Å². The Kier molecular flexibility index (Phi) is 10.7. The standard InChI is InChI=1S/C43H39N7O11/c44-30-17-21(9-12-46-30)10-15-58-39-36(55)35(54)29-19-57-14-11-22(23-5-3-4-8-28(23)50-20-47-32-40(50)48-43(45)49-41(32)56)26-18-27-31(34(53)25-7-2-1-6-24(25)33(27)52)38(59-16-13-51)37(26)61-42(39)60-29/h1-9,11-12,14,17-18,22,29,35-36,39,42,51,54-55H,10,13,15-16,19-20H2,(H2,44,46)(H2,45,49,56)/p+1. The zero-order chi connectivity index (χ0) is 42.4. The number of nitrogen functional groups attached to an aromatic ring is 1. The topological polar surface area (TPSA) is 262 Å². The number of quaternary nitrogens is 1. The van der Waals surface area contributed by atoms with E-state index in [0.717, 1.165) is 5.56 Å². The normalized spacial score (nSPS) is 25.3. The highest BCUT2D eigenvalue weighted by molar-refractivity contribution is 6.68. The molecule has 61 heavy (non-hydrogen) atoms. The predicted octanol–water partition coefficient (Wildman–Crippen LogP) is 0.331. The number of hydrogen-bond acceptors (Lipinski definition) is 15. The van der Waals surface area contributed by atoms with Gasteiger partial charge in [0.2, 0.25) is 18.0 Å². The van der Waals surface area contributed by atoms with Crippen LogP contribution in [0.1, 0.15) is 54.5 Å². The Morgan fingerprint density at radius 1 is 0.951 bits per heavy atom. The molecule has 5 heterocycles. The number of hydrogen-bond donors (Lipinski definition) is 7. The van der Waals surface area contributed by atoms with Crippen LogP contribution in [0.2, 0.25) is 0 Å². The number of rotatable bonds is 9. The van der Waals surface area contributed by atoms with Crippen molar-refractivity contribution in [3.63, 3.8) is 0 Å². The Morgan fingerprint density at radius 3 is 2.54 bits per heavy atom. The number of benzene rings is 3. The van der Waals surface area contributed by atoms with Crippen LogP contribution in [0.3, 0.4) is 0 Å². The minimum Gasteiger partial charge on any atom is -0.499 e. The molecule has 1 saturated heterocycles. The number of amides is 1. The maximum absolute atomic E-state index is 14.5. The Balaban J connectivity index is 1.22. The summed E-state index contributed by atoms with van der Waals surface area (Å²) >= 11 is 0. The van der Waals surface area contributed by atoms with Gasteiger partial charge in [0.05, 0.1) is 25.0 Å². The van der Waals surface area contributed by atoms with Crippen molar-refractivity contribution in [2.75, 3.05) is 38.8 Å². The molecule has 18 nitrogen and oxygen atoms in total. The average molecular weight is 831 g/mol. The fourth-order valence-corrected chi connectivity index (χ4v) is 8.23. The predicted molar refractivity (Wildman–Crippen MR) is 215 cm³/mol. The lowest BCUT2D eigenvalue weighted by atomic mass is 9.79. The molecule has 3 aromatic carbocycles. The zero-order valence-corrected chi connectivity index (χ0v) is 32.3. The first-order valence-electron chi connectivity index (χ1n) is 19.5. The van der Waals surface area contributed by atoms with Crippen molar-refractivity contribution in [3.05, 3.63) is 124 Å². The molecule has 312 valence electrons. The summed E-state index contributed by atoms with van der Waals surface area (Å²) in [6.45, 7) is -0.926. The number of anilines is 1. The molecule has 5 aliphatic rings. The SMILES string of the molecule is N=C1N=C2C(=NC[NH+]2c2ccccc2C2C=COCC3OC(Oc4c2cc2c(c4OCCO)C(=O)c4ccccc4C2=O)C(OCCc2ccnc(N)c2)C(O)C3O)C(=O)N1. The van der Waals surface area contributed by atoms with Crippen molar-refractivity contribution in [1.29, 1.82) is 5.41 Å². The minimum absolute atomic E-state index is 0.00824. The second-order valence-corrected chi connectivity index (χ2v) is 14.8. The highest BCUT2D eigenvalue weighted by Crippen LogP contribution is 2.48. The minimum atomic E-state index is -1.56. The number of nitrogens with zero attached hydrogens (tertiary/aromatic N) is 3. The second-order valence-electron chi connectivity index (χ2n) is 14.8. The number of aliphatic hydroxyl groups excluding tert-OH is 3. The number of aromatic nitrogens is 1. The molecule has 8 N–H and O–H groups in total. The van der Waals surface area contributed by atoms with Crippen LogP contribution in [0.5, 0.6) is 11.5 Å². The first-order chi connectivity index (χ1) is 29.6. The lowest BCUT2D eigenvalue weighted by Crippen LogP contribution is -3.09. The Hall–Kier alpha value is -6.67. The average Bonchev–Trinajstić information content (AvgIpc) is 3.67. The number of carbonyl (C=O) groups is 3. The molecule has 1 fully saturated rings. The van der Waals surface area contributed by atoms with Crippen molar-refractivity contribution in [1.82, 2.24) is 10.3 Å². The summed E-state index contributed by atoms with van der Waals surface area (Å²) in [5, 5.41) is 43.5. The van der Waals surface area contributed by atoms with Gasteiger partial charge in [0.1, 0.15) is 49.1 Å². The third kappa shape index (κ3) is 7.24. The quantitative estimate of drug-likeness (QED) is 0.106. The summed E-state index contributed by atoms with van der Waals surface area (Å²) in [6, 6.07) is 18.6. The van der Waals surface area contributed by atoms with Gasteiger partial charge in [-0.05, 0) is 42.3 Å². The largest absolute Gasteiger partial charge is 0.499 e. The molecule has 0 radical (unpaired) electrons. The first-order valence-corrected chi connectivity index (χ1v) is 19.5. The fourth-order valence-electron chi connectivity index (χ4n) is 8.23. The number of allylic oxidation sites excluding steroid dienone is 1. The van der Waals surface area contributed by atoms with Gasteiger partial charge in [0.25, 0.3) is 11.7 Å². The van der Waals surface area contributed by atoms with E-state index in [1.54, 1.807) is 66.9 Å². The van der Waals surface area contributed by atoms with E-state index < -0.39 is 60.7 Å². The number of carbonyl (C=O) groups excluding carboxylic acids is 3. The third-order valence-electron chi connectivity index (χ3n) is 11.1. The van der Waals surface area contributed by atoms with Crippen molar-refractivity contribution >= 4 is 46.5 Å². The zero-order valence-electron chi connectivity index (χ0n) is 32.3. The molecule has 7 unspecified atom stereocenters. The molecule has 0 spiro atoms. The van der Waals surface area contributed by atoms with Gasteiger partial charge < -0.3 is 44.7 Å². The molecular formula is C43H40N7O11+. The van der Waals surface area contributed by atoms with Crippen LogP contribution in [0.4, 0.5) is 11.5 Å². The van der Waals surface area contributed by atoms with Crippen LogP contribution in [0.25, 0.3) is 0 Å². The Labute approximate surface area is 347 Å². The highest BCUT2D eigenvalue weighted by atomic mass is 16.7. The summed E-state index contributed by atoms with van der Waals surface area (Å²) < 4.78 is 31.6. The van der Waals surface area contributed by atoms with E-state index in [-0.39, 0.29) is 83.3 Å². The number of ketones is 2. The Bertz CT molecular complexity index is 2560. The monoisotopic (exact) mass is 830 g/mol. The summed E-state index contributed by atoms with van der Waals surface area (Å²) in [5.74, 6) is -2.45. The van der Waals surface area contributed by atoms with Gasteiger partial charge in [-0.25, -0.2) is 14.9 Å². The van der Waals surface area contributed by atoms with Crippen LogP contribution < -0.4 is 25.4 Å². The van der Waals surface area contributed by atoms with Gasteiger partial charge >= 0.3 is 0 Å². The molecule has 4 aliphatic heterocycles. The van der Waals surface area contributed by atoms with Gasteiger partial charge in [-0.1, -0.05) is 42.5 Å². The van der Waals surface area contributed by atoms with E-state index in [1.807, 2.05) is 12.1 Å². The summed E-state index contributed by atoms with van der Waals surface area (Å²) in [5.41, 5.74) is 8.47. The lowest BCUT2D eigenvalue weighted by molar-refractivity contribution is -0.723. The molecule has 1 aromatic heterocycles. The molecule has 9 rings (SSSR count). The molecule has 1 aliphatic carbocycles.